The van der Waals surface area contributed by atoms with E-state index < -0.39 is 0 Å². The van der Waals surface area contributed by atoms with Crippen molar-refractivity contribution >= 4 is 40.0 Å². The summed E-state index contributed by atoms with van der Waals surface area (Å²) in [5.41, 5.74) is 9.29. The second-order valence-electron chi connectivity index (χ2n) is 4.27. The van der Waals surface area contributed by atoms with E-state index in [0.717, 1.165) is 11.1 Å². The molecule has 5 heteroatoms. The summed E-state index contributed by atoms with van der Waals surface area (Å²) in [6, 6.07) is 8.98. The third kappa shape index (κ3) is 2.05. The number of nitrogen functional groups attached to an aromatic ring is 1. The Morgan fingerprint density at radius 3 is 2.74 bits per heavy atom. The fourth-order valence-corrected chi connectivity index (χ4v) is 2.25. The van der Waals surface area contributed by atoms with Gasteiger partial charge in [0.25, 0.3) is 0 Å². The predicted molar refractivity (Wildman–Crippen MR) is 78.6 cm³/mol. The molecule has 0 unspecified atom stereocenters. The highest BCUT2D eigenvalue weighted by Gasteiger charge is 2.13. The number of nitrogens with two attached hydrogens (primary N) is 1. The molecule has 0 fully saturated rings. The predicted octanol–water partition coefficient (Wildman–Crippen LogP) is 4.69. The number of fused-ring (bicyclic) bond motifs is 1. The first-order chi connectivity index (χ1) is 9.06. The van der Waals surface area contributed by atoms with Gasteiger partial charge in [-0.1, -0.05) is 29.3 Å². The van der Waals surface area contributed by atoms with E-state index in [1.807, 2.05) is 25.1 Å². The van der Waals surface area contributed by atoms with Crippen molar-refractivity contribution in [2.75, 3.05) is 5.73 Å². The molecule has 19 heavy (non-hydrogen) atoms. The van der Waals surface area contributed by atoms with Gasteiger partial charge in [-0.3, -0.25) is 0 Å². The van der Waals surface area contributed by atoms with Crippen LogP contribution in [0.15, 0.2) is 34.7 Å². The Labute approximate surface area is 119 Å². The molecule has 2 aromatic carbocycles. The number of oxazole rings is 1. The normalized spacial score (nSPS) is 11.1. The second kappa shape index (κ2) is 4.44. The summed E-state index contributed by atoms with van der Waals surface area (Å²) < 4.78 is 5.72. The van der Waals surface area contributed by atoms with Crippen LogP contribution in [-0.2, 0) is 0 Å². The van der Waals surface area contributed by atoms with E-state index in [0.29, 0.717) is 32.7 Å². The minimum Gasteiger partial charge on any atom is -0.436 e. The van der Waals surface area contributed by atoms with Crippen molar-refractivity contribution in [2.45, 2.75) is 6.92 Å². The monoisotopic (exact) mass is 292 g/mol. The molecule has 3 rings (SSSR count). The Balaban J connectivity index is 2.23. The van der Waals surface area contributed by atoms with Gasteiger partial charge in [0.15, 0.2) is 5.58 Å². The Hall–Kier alpha value is -1.71. The summed E-state index contributed by atoms with van der Waals surface area (Å²) in [6.07, 6.45) is 0. The average Bonchev–Trinajstić information content (AvgIpc) is 2.76. The Kier molecular flexibility index (Phi) is 2.88. The lowest BCUT2D eigenvalue weighted by Gasteiger charge is -2.02. The van der Waals surface area contributed by atoms with Crippen molar-refractivity contribution < 1.29 is 4.42 Å². The molecule has 1 heterocycles. The van der Waals surface area contributed by atoms with Crippen LogP contribution in [-0.4, -0.2) is 4.98 Å². The highest BCUT2D eigenvalue weighted by molar-refractivity contribution is 6.33. The molecule has 3 nitrogen and oxygen atoms in total. The molecule has 0 atom stereocenters. The summed E-state index contributed by atoms with van der Waals surface area (Å²) in [6.45, 7) is 1.92. The van der Waals surface area contributed by atoms with E-state index in [1.165, 1.54) is 0 Å². The van der Waals surface area contributed by atoms with Crippen molar-refractivity contribution in [3.63, 3.8) is 0 Å². The second-order valence-corrected chi connectivity index (χ2v) is 5.09. The summed E-state index contributed by atoms with van der Waals surface area (Å²) in [5.74, 6) is 0.511. The molecule has 0 saturated carbocycles. The van der Waals surface area contributed by atoms with Crippen LogP contribution >= 0.6 is 23.2 Å². The van der Waals surface area contributed by atoms with E-state index in [-0.39, 0.29) is 0 Å². The first kappa shape index (κ1) is 12.3. The van der Waals surface area contributed by atoms with Gasteiger partial charge in [0.2, 0.25) is 5.89 Å². The molecular weight excluding hydrogens is 283 g/mol. The van der Waals surface area contributed by atoms with Gasteiger partial charge in [-0.15, -0.1) is 0 Å². The minimum absolute atomic E-state index is 0.468. The zero-order valence-electron chi connectivity index (χ0n) is 10.1. The van der Waals surface area contributed by atoms with Gasteiger partial charge >= 0.3 is 0 Å². The standard InChI is InChI=1S/C14H10Cl2N2O/c1-7-8(3-2-4-9(7)15)14-18-12-5-10(16)11(17)6-13(12)19-14/h2-6H,17H2,1H3. The van der Waals surface area contributed by atoms with Crippen LogP contribution in [0.3, 0.4) is 0 Å². The van der Waals surface area contributed by atoms with Crippen LogP contribution in [0.25, 0.3) is 22.6 Å². The lowest BCUT2D eigenvalue weighted by atomic mass is 10.1. The average molecular weight is 293 g/mol. The zero-order valence-corrected chi connectivity index (χ0v) is 11.6. The van der Waals surface area contributed by atoms with E-state index >= 15 is 0 Å². The summed E-state index contributed by atoms with van der Waals surface area (Å²) >= 11 is 12.1. The maximum atomic E-state index is 6.10. The quantitative estimate of drug-likeness (QED) is 0.662. The fourth-order valence-electron chi connectivity index (χ4n) is 1.92. The molecule has 0 radical (unpaired) electrons. The lowest BCUT2D eigenvalue weighted by Crippen LogP contribution is -1.85. The summed E-state index contributed by atoms with van der Waals surface area (Å²) in [7, 11) is 0. The largest absolute Gasteiger partial charge is 0.436 e. The van der Waals surface area contributed by atoms with Crippen molar-refractivity contribution in [3.05, 3.63) is 45.9 Å². The maximum absolute atomic E-state index is 6.10. The lowest BCUT2D eigenvalue weighted by molar-refractivity contribution is 0.619. The van der Waals surface area contributed by atoms with Crippen molar-refractivity contribution in [2.24, 2.45) is 0 Å². The fraction of sp³-hybridized carbons (Fsp3) is 0.0714. The van der Waals surface area contributed by atoms with E-state index in [9.17, 15) is 0 Å². The number of hydrogen-bond acceptors (Lipinski definition) is 3. The highest BCUT2D eigenvalue weighted by atomic mass is 35.5. The van der Waals surface area contributed by atoms with Gasteiger partial charge in [-0.25, -0.2) is 4.98 Å². The SMILES string of the molecule is Cc1c(Cl)cccc1-c1nc2cc(Cl)c(N)cc2o1. The van der Waals surface area contributed by atoms with Crippen molar-refractivity contribution in [3.8, 4) is 11.5 Å². The van der Waals surface area contributed by atoms with Gasteiger partial charge < -0.3 is 10.2 Å². The van der Waals surface area contributed by atoms with E-state index in [4.69, 9.17) is 33.4 Å². The summed E-state index contributed by atoms with van der Waals surface area (Å²) in [4.78, 5) is 4.42. The summed E-state index contributed by atoms with van der Waals surface area (Å²) in [5, 5.41) is 1.15. The molecular formula is C14H10Cl2N2O. The first-order valence-electron chi connectivity index (χ1n) is 5.67. The molecule has 0 saturated heterocycles. The molecule has 0 aliphatic carbocycles. The topological polar surface area (TPSA) is 52.0 Å². The molecule has 0 spiro atoms. The number of benzene rings is 2. The molecule has 3 aromatic rings. The number of halogens is 2. The van der Waals surface area contributed by atoms with E-state index in [2.05, 4.69) is 4.98 Å². The number of nitrogens with zero attached hydrogens (tertiary/aromatic N) is 1. The maximum Gasteiger partial charge on any atom is 0.227 e. The molecule has 2 N–H and O–H groups in total. The molecule has 96 valence electrons. The van der Waals surface area contributed by atoms with Crippen LogP contribution in [0.5, 0.6) is 0 Å². The number of aromatic nitrogens is 1. The Bertz CT molecular complexity index is 741. The van der Waals surface area contributed by atoms with Crippen molar-refractivity contribution in [1.82, 2.24) is 4.98 Å². The van der Waals surface area contributed by atoms with Crippen LogP contribution in [0, 0.1) is 6.92 Å². The number of anilines is 1. The molecule has 0 amide bonds. The number of rotatable bonds is 1. The van der Waals surface area contributed by atoms with Gasteiger partial charge in [-0.05, 0) is 30.7 Å². The Morgan fingerprint density at radius 1 is 1.16 bits per heavy atom. The van der Waals surface area contributed by atoms with Crippen molar-refractivity contribution in [1.29, 1.82) is 0 Å². The molecule has 1 aromatic heterocycles. The molecule has 0 aliphatic heterocycles. The number of hydrogen-bond donors (Lipinski definition) is 1. The van der Waals surface area contributed by atoms with Crippen LogP contribution in [0.1, 0.15) is 5.56 Å². The van der Waals surface area contributed by atoms with Gasteiger partial charge in [0.1, 0.15) is 5.52 Å². The first-order valence-corrected chi connectivity index (χ1v) is 6.43. The molecule has 0 bridgehead atoms. The van der Waals surface area contributed by atoms with Crippen LogP contribution in [0.4, 0.5) is 5.69 Å². The third-order valence-corrected chi connectivity index (χ3v) is 3.74. The van der Waals surface area contributed by atoms with Gasteiger partial charge in [-0.2, -0.15) is 0 Å². The highest BCUT2D eigenvalue weighted by Crippen LogP contribution is 2.32. The zero-order chi connectivity index (χ0) is 13.6. The van der Waals surface area contributed by atoms with Gasteiger partial charge in [0, 0.05) is 16.7 Å². The Morgan fingerprint density at radius 2 is 1.95 bits per heavy atom. The van der Waals surface area contributed by atoms with E-state index in [1.54, 1.807) is 12.1 Å². The molecule has 0 aliphatic rings. The minimum atomic E-state index is 0.468. The van der Waals surface area contributed by atoms with Gasteiger partial charge in [0.05, 0.1) is 10.7 Å². The van der Waals surface area contributed by atoms with Crippen LogP contribution in [0.2, 0.25) is 10.0 Å². The van der Waals surface area contributed by atoms with Crippen LogP contribution < -0.4 is 5.73 Å². The smallest absolute Gasteiger partial charge is 0.227 e. The third-order valence-electron chi connectivity index (χ3n) is 3.00.